The Hall–Kier alpha value is -2.36. The van der Waals surface area contributed by atoms with E-state index in [-0.39, 0.29) is 17.9 Å². The number of fused-ring (bicyclic) bond motifs is 1. The van der Waals surface area contributed by atoms with Gasteiger partial charge in [-0.15, -0.1) is 0 Å². The topological polar surface area (TPSA) is 92.4 Å². The molecule has 1 aromatic rings. The van der Waals surface area contributed by atoms with E-state index in [9.17, 15) is 9.59 Å². The second-order valence-electron chi connectivity index (χ2n) is 7.20. The summed E-state index contributed by atoms with van der Waals surface area (Å²) in [5, 5.41) is 5.75. The van der Waals surface area contributed by atoms with Crippen LogP contribution in [0.3, 0.4) is 0 Å². The molecule has 2 N–H and O–H groups in total. The van der Waals surface area contributed by atoms with Crippen LogP contribution in [-0.2, 0) is 14.3 Å². The molecule has 2 aliphatic heterocycles. The molecule has 29 heavy (non-hydrogen) atoms. The maximum absolute atomic E-state index is 12.3. The molecule has 1 saturated heterocycles. The zero-order valence-electron chi connectivity index (χ0n) is 16.9. The Labute approximate surface area is 171 Å². The summed E-state index contributed by atoms with van der Waals surface area (Å²) < 4.78 is 16.4. The van der Waals surface area contributed by atoms with Crippen molar-refractivity contribution in [1.82, 2.24) is 20.4 Å². The van der Waals surface area contributed by atoms with Crippen LogP contribution in [-0.4, -0.2) is 100 Å². The number of rotatable bonds is 9. The third-order valence-electron chi connectivity index (χ3n) is 4.92. The van der Waals surface area contributed by atoms with Gasteiger partial charge in [0, 0.05) is 39.8 Å². The van der Waals surface area contributed by atoms with Crippen molar-refractivity contribution in [2.24, 2.45) is 0 Å². The van der Waals surface area contributed by atoms with Gasteiger partial charge in [-0.05, 0) is 12.1 Å². The highest BCUT2D eigenvalue weighted by molar-refractivity contribution is 5.78. The Morgan fingerprint density at radius 1 is 1.03 bits per heavy atom. The second-order valence-corrected chi connectivity index (χ2v) is 7.20. The third kappa shape index (κ3) is 6.88. The summed E-state index contributed by atoms with van der Waals surface area (Å²) in [7, 11) is 1.61. The minimum atomic E-state index is -0.192. The number of carbonyl (C=O) groups excluding carboxylic acids is 2. The van der Waals surface area contributed by atoms with Crippen LogP contribution in [0.15, 0.2) is 24.3 Å². The van der Waals surface area contributed by atoms with Gasteiger partial charge < -0.3 is 24.8 Å². The van der Waals surface area contributed by atoms with Crippen molar-refractivity contribution in [2.75, 3.05) is 72.7 Å². The van der Waals surface area contributed by atoms with E-state index in [4.69, 9.17) is 14.2 Å². The van der Waals surface area contributed by atoms with Crippen molar-refractivity contribution in [1.29, 1.82) is 0 Å². The third-order valence-corrected chi connectivity index (χ3v) is 4.92. The number of carbonyl (C=O) groups is 2. The summed E-state index contributed by atoms with van der Waals surface area (Å²) in [6, 6.07) is 7.53. The molecule has 9 nitrogen and oxygen atoms in total. The van der Waals surface area contributed by atoms with Gasteiger partial charge in [-0.1, -0.05) is 12.1 Å². The molecule has 1 aromatic carbocycles. The van der Waals surface area contributed by atoms with E-state index < -0.39 is 0 Å². The zero-order valence-corrected chi connectivity index (χ0v) is 16.9. The van der Waals surface area contributed by atoms with E-state index in [0.717, 1.165) is 31.9 Å². The molecule has 9 heteroatoms. The van der Waals surface area contributed by atoms with Crippen LogP contribution in [0.4, 0.5) is 0 Å². The van der Waals surface area contributed by atoms with Crippen molar-refractivity contribution < 1.29 is 23.8 Å². The standard InChI is InChI=1S/C20H30N4O5/c1-27-11-6-21-19(25)13-23-7-9-24(10-8-23)14-20(26)22-12-16-15-28-17-4-2-3-5-18(17)29-16/h2-5,16H,6-15H2,1H3,(H,21,25)(H,22,26). The van der Waals surface area contributed by atoms with Crippen LogP contribution in [0.5, 0.6) is 11.5 Å². The molecule has 2 heterocycles. The molecule has 0 saturated carbocycles. The predicted molar refractivity (Wildman–Crippen MR) is 107 cm³/mol. The lowest BCUT2D eigenvalue weighted by atomic mass is 10.2. The van der Waals surface area contributed by atoms with Gasteiger partial charge in [-0.3, -0.25) is 19.4 Å². The fraction of sp³-hybridized carbons (Fsp3) is 0.600. The van der Waals surface area contributed by atoms with Crippen molar-refractivity contribution in [3.05, 3.63) is 24.3 Å². The summed E-state index contributed by atoms with van der Waals surface area (Å²) in [5.74, 6) is 1.42. The predicted octanol–water partition coefficient (Wildman–Crippen LogP) is -0.677. The highest BCUT2D eigenvalue weighted by Gasteiger charge is 2.23. The largest absolute Gasteiger partial charge is 0.486 e. The van der Waals surface area contributed by atoms with Gasteiger partial charge in [0.2, 0.25) is 11.8 Å². The van der Waals surface area contributed by atoms with E-state index in [2.05, 4.69) is 20.4 Å². The van der Waals surface area contributed by atoms with Crippen LogP contribution in [0.1, 0.15) is 0 Å². The molecule has 0 spiro atoms. The highest BCUT2D eigenvalue weighted by Crippen LogP contribution is 2.30. The van der Waals surface area contributed by atoms with Crippen molar-refractivity contribution >= 4 is 11.8 Å². The molecule has 0 aromatic heterocycles. The number of methoxy groups -OCH3 is 1. The Morgan fingerprint density at radius 3 is 2.31 bits per heavy atom. The molecular formula is C20H30N4O5. The first kappa shape index (κ1) is 21.4. The quantitative estimate of drug-likeness (QED) is 0.525. The Kier molecular flexibility index (Phi) is 8.09. The highest BCUT2D eigenvalue weighted by atomic mass is 16.6. The molecule has 1 unspecified atom stereocenters. The van der Waals surface area contributed by atoms with E-state index in [1.807, 2.05) is 24.3 Å². The lowest BCUT2D eigenvalue weighted by Crippen LogP contribution is -2.52. The van der Waals surface area contributed by atoms with Crippen LogP contribution in [0.2, 0.25) is 0 Å². The molecule has 2 aliphatic rings. The fourth-order valence-corrected chi connectivity index (χ4v) is 3.31. The number of hydrogen-bond acceptors (Lipinski definition) is 7. The molecule has 1 atom stereocenters. The van der Waals surface area contributed by atoms with Crippen LogP contribution in [0.25, 0.3) is 0 Å². The molecule has 2 amide bonds. The van der Waals surface area contributed by atoms with E-state index in [0.29, 0.717) is 45.1 Å². The monoisotopic (exact) mass is 406 g/mol. The summed E-state index contributed by atoms with van der Waals surface area (Å²) in [6.07, 6.45) is -0.192. The first-order valence-electron chi connectivity index (χ1n) is 9.99. The molecule has 1 fully saturated rings. The zero-order chi connectivity index (χ0) is 20.5. The Bertz CT molecular complexity index is 679. The number of nitrogens with one attached hydrogen (secondary N) is 2. The van der Waals surface area contributed by atoms with Gasteiger partial charge in [0.1, 0.15) is 12.7 Å². The summed E-state index contributed by atoms with van der Waals surface area (Å²) in [4.78, 5) is 28.3. The average Bonchev–Trinajstić information content (AvgIpc) is 2.74. The first-order valence-corrected chi connectivity index (χ1v) is 9.99. The first-order chi connectivity index (χ1) is 14.1. The van der Waals surface area contributed by atoms with Gasteiger partial charge in [-0.25, -0.2) is 0 Å². The van der Waals surface area contributed by atoms with Gasteiger partial charge >= 0.3 is 0 Å². The van der Waals surface area contributed by atoms with Crippen LogP contribution >= 0.6 is 0 Å². The van der Waals surface area contributed by atoms with Crippen molar-refractivity contribution in [3.63, 3.8) is 0 Å². The minimum absolute atomic E-state index is 0.00418. The Balaban J connectivity index is 1.30. The molecule has 0 aliphatic carbocycles. The number of hydrogen-bond donors (Lipinski definition) is 2. The number of piperazine rings is 1. The second kappa shape index (κ2) is 11.0. The summed E-state index contributed by atoms with van der Waals surface area (Å²) in [6.45, 7) is 5.64. The maximum Gasteiger partial charge on any atom is 0.234 e. The normalized spacial score (nSPS) is 19.6. The maximum atomic E-state index is 12.3. The van der Waals surface area contributed by atoms with Gasteiger partial charge in [0.25, 0.3) is 0 Å². The number of nitrogens with zero attached hydrogens (tertiary/aromatic N) is 2. The summed E-state index contributed by atoms with van der Waals surface area (Å²) in [5.41, 5.74) is 0. The smallest absolute Gasteiger partial charge is 0.234 e. The number of ether oxygens (including phenoxy) is 3. The molecule has 3 rings (SSSR count). The average molecular weight is 406 g/mol. The van der Waals surface area contributed by atoms with Gasteiger partial charge in [0.15, 0.2) is 11.5 Å². The number of benzene rings is 1. The molecular weight excluding hydrogens is 376 g/mol. The van der Waals surface area contributed by atoms with Crippen LogP contribution < -0.4 is 20.1 Å². The summed E-state index contributed by atoms with van der Waals surface area (Å²) >= 11 is 0. The molecule has 160 valence electrons. The lowest BCUT2D eigenvalue weighted by Gasteiger charge is -2.34. The lowest BCUT2D eigenvalue weighted by molar-refractivity contribution is -0.125. The van der Waals surface area contributed by atoms with E-state index >= 15 is 0 Å². The van der Waals surface area contributed by atoms with Crippen LogP contribution in [0, 0.1) is 0 Å². The number of amides is 2. The SMILES string of the molecule is COCCNC(=O)CN1CCN(CC(=O)NCC2COc3ccccc3O2)CC1. The minimum Gasteiger partial charge on any atom is -0.486 e. The van der Waals surface area contributed by atoms with Crippen molar-refractivity contribution in [2.45, 2.75) is 6.10 Å². The van der Waals surface area contributed by atoms with E-state index in [1.165, 1.54) is 0 Å². The Morgan fingerprint density at radius 2 is 1.66 bits per heavy atom. The fourth-order valence-electron chi connectivity index (χ4n) is 3.31. The van der Waals surface area contributed by atoms with E-state index in [1.54, 1.807) is 7.11 Å². The number of para-hydroxylation sites is 2. The van der Waals surface area contributed by atoms with Gasteiger partial charge in [0.05, 0.1) is 26.2 Å². The molecule has 0 bridgehead atoms. The molecule has 0 radical (unpaired) electrons. The van der Waals surface area contributed by atoms with Crippen molar-refractivity contribution in [3.8, 4) is 11.5 Å². The van der Waals surface area contributed by atoms with Gasteiger partial charge in [-0.2, -0.15) is 0 Å².